The van der Waals surface area contributed by atoms with Gasteiger partial charge in [0.05, 0.1) is 6.10 Å². The van der Waals surface area contributed by atoms with E-state index in [2.05, 4.69) is 49.2 Å². The molecule has 2 nitrogen and oxygen atoms in total. The van der Waals surface area contributed by atoms with Gasteiger partial charge in [0, 0.05) is 13.1 Å². The average molecular weight is 287 g/mol. The number of likely N-dealkylation sites (N-methyl/N-ethyl adjacent to an activating group) is 1. The Balaban J connectivity index is 1.81. The van der Waals surface area contributed by atoms with Crippen LogP contribution in [0.2, 0.25) is 0 Å². The van der Waals surface area contributed by atoms with Crippen LogP contribution in [0.1, 0.15) is 44.6 Å². The fourth-order valence-electron chi connectivity index (χ4n) is 3.20. The molecule has 0 aromatic heterocycles. The number of aliphatic hydroxyl groups is 1. The molecule has 2 rings (SSSR count). The Labute approximate surface area is 129 Å². The van der Waals surface area contributed by atoms with Crippen LogP contribution in [0, 0.1) is 5.92 Å². The van der Waals surface area contributed by atoms with Crippen LogP contribution >= 0.6 is 0 Å². The van der Waals surface area contributed by atoms with Gasteiger partial charge in [0.25, 0.3) is 0 Å². The highest BCUT2D eigenvalue weighted by Gasteiger charge is 2.22. The van der Waals surface area contributed by atoms with Gasteiger partial charge in [-0.25, -0.2) is 0 Å². The predicted octanol–water partition coefficient (Wildman–Crippen LogP) is 4.01. The van der Waals surface area contributed by atoms with Crippen molar-refractivity contribution >= 4 is 0 Å². The minimum Gasteiger partial charge on any atom is -0.388 e. The summed E-state index contributed by atoms with van der Waals surface area (Å²) in [6.07, 6.45) is 8.23. The first-order chi connectivity index (χ1) is 10.2. The van der Waals surface area contributed by atoms with Crippen LogP contribution in [0.4, 0.5) is 0 Å². The van der Waals surface area contributed by atoms with Crippen molar-refractivity contribution in [1.29, 1.82) is 0 Å². The quantitative estimate of drug-likeness (QED) is 0.799. The molecule has 2 heteroatoms. The Bertz CT molecular complexity index is 434. The van der Waals surface area contributed by atoms with Crippen molar-refractivity contribution in [3.8, 4) is 0 Å². The van der Waals surface area contributed by atoms with E-state index in [1.54, 1.807) is 0 Å². The minimum atomic E-state index is -0.240. The maximum Gasteiger partial charge on any atom is 0.0776 e. The summed E-state index contributed by atoms with van der Waals surface area (Å²) in [5, 5.41) is 10.5. The third-order valence-electron chi connectivity index (χ3n) is 4.58. The van der Waals surface area contributed by atoms with Crippen LogP contribution in [0.15, 0.2) is 42.0 Å². The molecule has 1 unspecified atom stereocenters. The molecule has 0 radical (unpaired) electrons. The summed E-state index contributed by atoms with van der Waals surface area (Å²) >= 11 is 0. The van der Waals surface area contributed by atoms with E-state index in [1.165, 1.54) is 37.7 Å². The summed E-state index contributed by atoms with van der Waals surface area (Å²) in [6, 6.07) is 10.5. The molecule has 116 valence electrons. The van der Waals surface area contributed by atoms with Crippen LogP contribution in [0.3, 0.4) is 0 Å². The molecule has 1 saturated carbocycles. The van der Waals surface area contributed by atoms with Gasteiger partial charge in [-0.2, -0.15) is 0 Å². The smallest absolute Gasteiger partial charge is 0.0776 e. The molecule has 0 bridgehead atoms. The molecule has 0 aliphatic heterocycles. The van der Waals surface area contributed by atoms with Crippen LogP contribution < -0.4 is 0 Å². The predicted molar refractivity (Wildman–Crippen MR) is 89.1 cm³/mol. The Morgan fingerprint density at radius 1 is 1.24 bits per heavy atom. The standard InChI is InChI=1S/C19H29NO/c1-16(19(21)18-11-7-4-8-12-18)13-14-20(2)15-17-9-5-3-6-10-17/h3,5-6,9-10,13,18-19,21H,4,7-8,11-12,14-15H2,1-2H3/b16-13-. The molecule has 1 aliphatic rings. The summed E-state index contributed by atoms with van der Waals surface area (Å²) in [5.74, 6) is 0.481. The first-order valence-corrected chi connectivity index (χ1v) is 8.24. The molecule has 0 heterocycles. The normalized spacial score (nSPS) is 19.0. The topological polar surface area (TPSA) is 23.5 Å². The average Bonchev–Trinajstić information content (AvgIpc) is 2.53. The van der Waals surface area contributed by atoms with Crippen molar-refractivity contribution in [2.45, 2.75) is 51.7 Å². The summed E-state index contributed by atoms with van der Waals surface area (Å²) in [6.45, 7) is 3.92. The van der Waals surface area contributed by atoms with Crippen LogP contribution in [0.5, 0.6) is 0 Å². The third kappa shape index (κ3) is 5.29. The number of aliphatic hydroxyl groups excluding tert-OH is 1. The zero-order valence-electron chi connectivity index (χ0n) is 13.5. The number of hydrogen-bond donors (Lipinski definition) is 1. The van der Waals surface area contributed by atoms with Gasteiger partial charge in [-0.1, -0.05) is 55.7 Å². The van der Waals surface area contributed by atoms with E-state index in [0.29, 0.717) is 5.92 Å². The number of nitrogens with zero attached hydrogens (tertiary/aromatic N) is 1. The van der Waals surface area contributed by atoms with Crippen molar-refractivity contribution in [2.24, 2.45) is 5.92 Å². The molecule has 1 aromatic rings. The Kier molecular flexibility index (Phi) is 6.47. The van der Waals surface area contributed by atoms with Gasteiger partial charge in [0.1, 0.15) is 0 Å². The lowest BCUT2D eigenvalue weighted by atomic mass is 9.83. The van der Waals surface area contributed by atoms with E-state index in [-0.39, 0.29) is 6.10 Å². The van der Waals surface area contributed by atoms with Gasteiger partial charge in [0.2, 0.25) is 0 Å². The van der Waals surface area contributed by atoms with E-state index in [9.17, 15) is 5.11 Å². The maximum absolute atomic E-state index is 10.5. The molecule has 0 saturated heterocycles. The fourth-order valence-corrected chi connectivity index (χ4v) is 3.20. The van der Waals surface area contributed by atoms with Crippen molar-refractivity contribution < 1.29 is 5.11 Å². The van der Waals surface area contributed by atoms with Crippen molar-refractivity contribution in [1.82, 2.24) is 4.90 Å². The molecule has 1 N–H and O–H groups in total. The molecule has 1 atom stereocenters. The zero-order valence-corrected chi connectivity index (χ0v) is 13.5. The molecule has 1 fully saturated rings. The molecule has 1 aliphatic carbocycles. The van der Waals surface area contributed by atoms with E-state index in [0.717, 1.165) is 18.7 Å². The van der Waals surface area contributed by atoms with Gasteiger partial charge in [-0.3, -0.25) is 4.90 Å². The lowest BCUT2D eigenvalue weighted by molar-refractivity contribution is 0.114. The monoisotopic (exact) mass is 287 g/mol. The summed E-state index contributed by atoms with van der Waals surface area (Å²) in [4.78, 5) is 2.28. The largest absolute Gasteiger partial charge is 0.388 e. The van der Waals surface area contributed by atoms with Crippen molar-refractivity contribution in [3.63, 3.8) is 0 Å². The molecular weight excluding hydrogens is 258 g/mol. The third-order valence-corrected chi connectivity index (χ3v) is 4.58. The highest BCUT2D eigenvalue weighted by Crippen LogP contribution is 2.29. The maximum atomic E-state index is 10.5. The Morgan fingerprint density at radius 2 is 1.90 bits per heavy atom. The summed E-state index contributed by atoms with van der Waals surface area (Å²) in [5.41, 5.74) is 2.47. The second-order valence-electron chi connectivity index (χ2n) is 6.47. The van der Waals surface area contributed by atoms with Crippen LogP contribution in [-0.2, 0) is 6.54 Å². The highest BCUT2D eigenvalue weighted by molar-refractivity contribution is 5.15. The zero-order chi connectivity index (χ0) is 15.1. The van der Waals surface area contributed by atoms with Crippen molar-refractivity contribution in [2.75, 3.05) is 13.6 Å². The molecule has 0 spiro atoms. The summed E-state index contributed by atoms with van der Waals surface area (Å²) in [7, 11) is 2.13. The lowest BCUT2D eigenvalue weighted by Gasteiger charge is -2.27. The highest BCUT2D eigenvalue weighted by atomic mass is 16.3. The molecular formula is C19H29NO. The Morgan fingerprint density at radius 3 is 2.57 bits per heavy atom. The van der Waals surface area contributed by atoms with Gasteiger partial charge < -0.3 is 5.11 Å². The van der Waals surface area contributed by atoms with Gasteiger partial charge in [-0.15, -0.1) is 0 Å². The summed E-state index contributed by atoms with van der Waals surface area (Å²) < 4.78 is 0. The number of benzene rings is 1. The minimum absolute atomic E-state index is 0.240. The van der Waals surface area contributed by atoms with E-state index in [1.807, 2.05) is 6.07 Å². The second-order valence-corrected chi connectivity index (χ2v) is 6.47. The lowest BCUT2D eigenvalue weighted by Crippen LogP contribution is -2.25. The second kappa shape index (κ2) is 8.35. The molecule has 21 heavy (non-hydrogen) atoms. The molecule has 1 aromatic carbocycles. The van der Waals surface area contributed by atoms with Crippen molar-refractivity contribution in [3.05, 3.63) is 47.5 Å². The van der Waals surface area contributed by atoms with E-state index >= 15 is 0 Å². The van der Waals surface area contributed by atoms with E-state index < -0.39 is 0 Å². The number of hydrogen-bond acceptors (Lipinski definition) is 2. The van der Waals surface area contributed by atoms with Gasteiger partial charge in [-0.05, 0) is 43.9 Å². The van der Waals surface area contributed by atoms with Crippen LogP contribution in [0.25, 0.3) is 0 Å². The van der Waals surface area contributed by atoms with E-state index in [4.69, 9.17) is 0 Å². The molecule has 0 amide bonds. The Hall–Kier alpha value is -1.12. The van der Waals surface area contributed by atoms with Gasteiger partial charge in [0.15, 0.2) is 0 Å². The first kappa shape index (κ1) is 16.3. The fraction of sp³-hybridized carbons (Fsp3) is 0.579. The van der Waals surface area contributed by atoms with Crippen LogP contribution in [-0.4, -0.2) is 29.7 Å². The first-order valence-electron chi connectivity index (χ1n) is 8.24. The SMILES string of the molecule is C/C(=C/CN(C)Cc1ccccc1)C(O)C1CCCCC1. The number of rotatable bonds is 6. The van der Waals surface area contributed by atoms with Gasteiger partial charge >= 0.3 is 0 Å².